The monoisotopic (exact) mass is 406 g/mol. The first-order valence-electron chi connectivity index (χ1n) is 8.97. The Hall–Kier alpha value is -3.51. The molecule has 4 aromatic carbocycles. The van der Waals surface area contributed by atoms with Crippen molar-refractivity contribution in [3.63, 3.8) is 0 Å². The lowest BCUT2D eigenvalue weighted by atomic mass is 10.1. The van der Waals surface area contributed by atoms with Crippen molar-refractivity contribution in [3.05, 3.63) is 103 Å². The van der Waals surface area contributed by atoms with Crippen molar-refractivity contribution in [2.24, 2.45) is 0 Å². The quantitative estimate of drug-likeness (QED) is 0.291. The Labute approximate surface area is 170 Å². The molecule has 1 aliphatic carbocycles. The maximum atomic E-state index is 10.8. The van der Waals surface area contributed by atoms with E-state index in [1.165, 1.54) is 46.9 Å². The summed E-state index contributed by atoms with van der Waals surface area (Å²) in [4.78, 5) is 20.2. The second kappa shape index (κ2) is 7.48. The smallest absolute Gasteiger partial charge is 0.258 e. The van der Waals surface area contributed by atoms with Gasteiger partial charge < -0.3 is 0 Å². The molecule has 29 heavy (non-hydrogen) atoms. The summed E-state index contributed by atoms with van der Waals surface area (Å²) in [6.45, 7) is 0. The van der Waals surface area contributed by atoms with Crippen molar-refractivity contribution < 1.29 is 9.85 Å². The number of halogens is 1. The molecule has 4 aromatic rings. The first-order valence-corrected chi connectivity index (χ1v) is 9.34. The minimum atomic E-state index is -0.734. The van der Waals surface area contributed by atoms with Gasteiger partial charge in [-0.15, -0.1) is 0 Å². The zero-order valence-corrected chi connectivity index (χ0v) is 15.9. The fraction of sp³-hybridized carbons (Fsp3) is 0.0909. The maximum absolute atomic E-state index is 10.8. The minimum absolute atomic E-state index is 0.0869. The Balaban J connectivity index is 0.000000149. The van der Waals surface area contributed by atoms with E-state index >= 15 is 0 Å². The maximum Gasteiger partial charge on any atom is 0.295 e. The first kappa shape index (κ1) is 18.8. The van der Waals surface area contributed by atoms with E-state index in [1.807, 2.05) is 0 Å². The molecule has 0 saturated carbocycles. The van der Waals surface area contributed by atoms with Crippen LogP contribution in [0.3, 0.4) is 0 Å². The van der Waals surface area contributed by atoms with E-state index in [9.17, 15) is 20.2 Å². The van der Waals surface area contributed by atoms with Crippen LogP contribution < -0.4 is 0 Å². The van der Waals surface area contributed by atoms with E-state index in [2.05, 4.69) is 36.4 Å². The van der Waals surface area contributed by atoms with Crippen molar-refractivity contribution in [1.82, 2.24) is 0 Å². The van der Waals surface area contributed by atoms with Gasteiger partial charge in [0.05, 0.1) is 21.3 Å². The first-order chi connectivity index (χ1) is 14.0. The molecule has 144 valence electrons. The van der Waals surface area contributed by atoms with Crippen molar-refractivity contribution in [2.75, 3.05) is 0 Å². The molecule has 0 N–H and O–H groups in total. The van der Waals surface area contributed by atoms with Gasteiger partial charge in [-0.1, -0.05) is 66.2 Å². The number of non-ortho nitro benzene ring substituents is 1. The van der Waals surface area contributed by atoms with Crippen LogP contribution >= 0.6 is 11.6 Å². The van der Waals surface area contributed by atoms with Crippen molar-refractivity contribution in [1.29, 1.82) is 0 Å². The van der Waals surface area contributed by atoms with Gasteiger partial charge in [-0.05, 0) is 40.8 Å². The topological polar surface area (TPSA) is 86.3 Å². The molecule has 6 nitrogen and oxygen atoms in total. The molecule has 0 aromatic heterocycles. The number of nitro benzene ring substituents is 2. The molecule has 7 heteroatoms. The fourth-order valence-electron chi connectivity index (χ4n) is 3.78. The average Bonchev–Trinajstić information content (AvgIpc) is 3.14. The zero-order chi connectivity index (χ0) is 20.5. The lowest BCUT2D eigenvalue weighted by molar-refractivity contribution is -0.392. The van der Waals surface area contributed by atoms with Gasteiger partial charge in [0.1, 0.15) is 5.02 Å². The SMILES string of the molecule is O=[N+]([O-])c1cc([N+](=O)[O-])c2ccccc2c1Cl.c1cc2c3c(cccc3c1)CC2. The van der Waals surface area contributed by atoms with Gasteiger partial charge in [-0.2, -0.15) is 0 Å². The van der Waals surface area contributed by atoms with Crippen molar-refractivity contribution in [3.8, 4) is 0 Å². The molecule has 0 atom stereocenters. The Morgan fingerprint density at radius 3 is 1.83 bits per heavy atom. The van der Waals surface area contributed by atoms with E-state index in [-0.39, 0.29) is 16.1 Å². The normalized spacial score (nSPS) is 11.9. The van der Waals surface area contributed by atoms with E-state index < -0.39 is 15.5 Å². The highest BCUT2D eigenvalue weighted by Gasteiger charge is 2.23. The summed E-state index contributed by atoms with van der Waals surface area (Å²) in [7, 11) is 0. The number of nitrogens with zero attached hydrogens (tertiary/aromatic N) is 2. The van der Waals surface area contributed by atoms with Crippen molar-refractivity contribution >= 4 is 44.5 Å². The molecule has 0 amide bonds. The Bertz CT molecular complexity index is 1250. The molecule has 0 aliphatic heterocycles. The number of nitro groups is 2. The summed E-state index contributed by atoms with van der Waals surface area (Å²) in [5, 5.41) is 25.0. The number of rotatable bonds is 2. The van der Waals surface area contributed by atoms with Gasteiger partial charge in [-0.3, -0.25) is 20.2 Å². The number of hydrogen-bond donors (Lipinski definition) is 0. The second-order valence-electron chi connectivity index (χ2n) is 6.72. The van der Waals surface area contributed by atoms with Crippen LogP contribution in [0.5, 0.6) is 0 Å². The number of benzene rings is 4. The summed E-state index contributed by atoms with van der Waals surface area (Å²) in [5.74, 6) is 0. The van der Waals surface area contributed by atoms with Crippen LogP contribution in [0.15, 0.2) is 66.7 Å². The van der Waals surface area contributed by atoms with E-state index in [1.54, 1.807) is 12.1 Å². The van der Waals surface area contributed by atoms with Gasteiger partial charge in [0, 0.05) is 5.39 Å². The van der Waals surface area contributed by atoms with Gasteiger partial charge >= 0.3 is 0 Å². The highest BCUT2D eigenvalue weighted by Crippen LogP contribution is 2.38. The molecule has 1 aliphatic rings. The number of hydrogen-bond acceptors (Lipinski definition) is 4. The van der Waals surface area contributed by atoms with Gasteiger partial charge in [0.25, 0.3) is 11.4 Å². The largest absolute Gasteiger partial charge is 0.295 e. The summed E-state index contributed by atoms with van der Waals surface area (Å²) < 4.78 is 0. The lowest BCUT2D eigenvalue weighted by Crippen LogP contribution is -1.95. The van der Waals surface area contributed by atoms with E-state index in [4.69, 9.17) is 11.6 Å². The molecular formula is C22H15ClN2O4. The second-order valence-corrected chi connectivity index (χ2v) is 7.10. The highest BCUT2D eigenvalue weighted by molar-refractivity contribution is 6.38. The predicted molar refractivity (Wildman–Crippen MR) is 114 cm³/mol. The lowest BCUT2D eigenvalue weighted by Gasteiger charge is -2.02. The molecule has 5 rings (SSSR count). The van der Waals surface area contributed by atoms with Crippen LogP contribution in [0.4, 0.5) is 11.4 Å². The fourth-order valence-corrected chi connectivity index (χ4v) is 4.07. The number of aryl methyl sites for hydroxylation is 2. The molecule has 0 radical (unpaired) electrons. The van der Waals surface area contributed by atoms with Crippen LogP contribution in [0, 0.1) is 20.2 Å². The zero-order valence-electron chi connectivity index (χ0n) is 15.2. The van der Waals surface area contributed by atoms with Crippen LogP contribution in [0.25, 0.3) is 21.5 Å². The molecule has 0 saturated heterocycles. The van der Waals surface area contributed by atoms with Gasteiger partial charge in [-0.25, -0.2) is 0 Å². The summed E-state index contributed by atoms with van der Waals surface area (Å²) in [6.07, 6.45) is 2.47. The Morgan fingerprint density at radius 2 is 1.28 bits per heavy atom. The Morgan fingerprint density at radius 1 is 0.724 bits per heavy atom. The van der Waals surface area contributed by atoms with Crippen LogP contribution in [0.1, 0.15) is 11.1 Å². The third kappa shape index (κ3) is 3.39. The van der Waals surface area contributed by atoms with Crippen LogP contribution in [0.2, 0.25) is 5.02 Å². The third-order valence-electron chi connectivity index (χ3n) is 5.07. The van der Waals surface area contributed by atoms with Crippen molar-refractivity contribution in [2.45, 2.75) is 12.8 Å². The van der Waals surface area contributed by atoms with E-state index in [0.717, 1.165) is 6.07 Å². The Kier molecular flexibility index (Phi) is 4.86. The molecular weight excluding hydrogens is 392 g/mol. The average molecular weight is 407 g/mol. The standard InChI is InChI=1S/C12H10.C10H5ClN2O4/c1-3-9-4-2-6-11-8-7-10(5-1)12(9)11;11-10-7-4-2-1-3-6(7)8(12(14)15)5-9(10)13(16)17/h1-6H,7-8H2;1-5H. The minimum Gasteiger partial charge on any atom is -0.258 e. The summed E-state index contributed by atoms with van der Waals surface area (Å²) >= 11 is 5.85. The predicted octanol–water partition coefficient (Wildman–Crippen LogP) is 6.25. The third-order valence-corrected chi connectivity index (χ3v) is 5.47. The summed E-state index contributed by atoms with van der Waals surface area (Å²) in [6, 6.07) is 20.3. The molecule has 0 fully saturated rings. The number of fused-ring (bicyclic) bond motifs is 1. The molecule has 0 unspecified atom stereocenters. The highest BCUT2D eigenvalue weighted by atomic mass is 35.5. The molecule has 0 bridgehead atoms. The van der Waals surface area contributed by atoms with Gasteiger partial charge in [0.2, 0.25) is 0 Å². The summed E-state index contributed by atoms with van der Waals surface area (Å²) in [5.41, 5.74) is 2.28. The molecule has 0 heterocycles. The molecule has 0 spiro atoms. The van der Waals surface area contributed by atoms with Crippen LogP contribution in [-0.4, -0.2) is 9.85 Å². The van der Waals surface area contributed by atoms with E-state index in [0.29, 0.717) is 5.39 Å². The van der Waals surface area contributed by atoms with Gasteiger partial charge in [0.15, 0.2) is 0 Å². The van der Waals surface area contributed by atoms with Crippen LogP contribution in [-0.2, 0) is 12.8 Å².